The molecule has 23 heavy (non-hydrogen) atoms. The molecule has 122 valence electrons. The first-order valence-electron chi connectivity index (χ1n) is 8.41. The molecular weight excluding hydrogens is 292 g/mol. The fourth-order valence-electron chi connectivity index (χ4n) is 3.48. The van der Waals surface area contributed by atoms with Crippen LogP contribution >= 0.6 is 0 Å². The van der Waals surface area contributed by atoms with E-state index in [0.29, 0.717) is 18.7 Å². The predicted octanol–water partition coefficient (Wildman–Crippen LogP) is 1.18. The van der Waals surface area contributed by atoms with Gasteiger partial charge in [-0.25, -0.2) is 4.79 Å². The molecule has 0 radical (unpaired) electrons. The molecule has 6 heteroatoms. The maximum atomic E-state index is 12.5. The monoisotopic (exact) mass is 314 g/mol. The lowest BCUT2D eigenvalue weighted by Crippen LogP contribution is -2.37. The second-order valence-electron chi connectivity index (χ2n) is 6.62. The first kappa shape index (κ1) is 14.5. The van der Waals surface area contributed by atoms with E-state index < -0.39 is 0 Å². The first-order valence-corrected chi connectivity index (χ1v) is 8.41. The molecule has 0 bridgehead atoms. The van der Waals surface area contributed by atoms with Crippen LogP contribution in [-0.4, -0.2) is 55.1 Å². The molecule has 3 amide bonds. The summed E-state index contributed by atoms with van der Waals surface area (Å²) in [6, 6.07) is 8.20. The minimum Gasteiger partial charge on any atom is -0.348 e. The van der Waals surface area contributed by atoms with Crippen LogP contribution in [0.4, 0.5) is 10.5 Å². The fraction of sp³-hybridized carbons (Fsp3) is 0.529. The minimum atomic E-state index is -0.0987. The van der Waals surface area contributed by atoms with Gasteiger partial charge < -0.3 is 10.6 Å². The van der Waals surface area contributed by atoms with Crippen molar-refractivity contribution in [3.05, 3.63) is 29.8 Å². The van der Waals surface area contributed by atoms with Gasteiger partial charge in [-0.3, -0.25) is 14.6 Å². The summed E-state index contributed by atoms with van der Waals surface area (Å²) < 4.78 is 0. The van der Waals surface area contributed by atoms with Gasteiger partial charge in [-0.15, -0.1) is 0 Å². The molecule has 1 aromatic rings. The summed E-state index contributed by atoms with van der Waals surface area (Å²) in [6.45, 7) is 3.34. The smallest absolute Gasteiger partial charge is 0.321 e. The number of hydrogen-bond donors (Lipinski definition) is 2. The first-order chi connectivity index (χ1) is 11.2. The van der Waals surface area contributed by atoms with E-state index in [9.17, 15) is 9.59 Å². The van der Waals surface area contributed by atoms with Gasteiger partial charge in [-0.05, 0) is 37.5 Å². The van der Waals surface area contributed by atoms with Crippen LogP contribution in [0.5, 0.6) is 0 Å². The van der Waals surface area contributed by atoms with Gasteiger partial charge in [-0.2, -0.15) is 0 Å². The molecule has 0 aromatic heterocycles. The Balaban J connectivity index is 1.41. The van der Waals surface area contributed by atoms with E-state index in [2.05, 4.69) is 15.5 Å². The molecule has 1 atom stereocenters. The van der Waals surface area contributed by atoms with Crippen molar-refractivity contribution < 1.29 is 9.59 Å². The normalized spacial score (nSPS) is 24.8. The number of carbonyl (C=O) groups excluding carboxylic acids is 2. The van der Waals surface area contributed by atoms with Crippen LogP contribution < -0.4 is 15.5 Å². The lowest BCUT2D eigenvalue weighted by Gasteiger charge is -2.17. The summed E-state index contributed by atoms with van der Waals surface area (Å²) in [6.07, 6.45) is 3.64. The van der Waals surface area contributed by atoms with Gasteiger partial charge >= 0.3 is 6.03 Å². The van der Waals surface area contributed by atoms with E-state index in [4.69, 9.17) is 0 Å². The molecule has 4 rings (SSSR count). The Kier molecular flexibility index (Phi) is 3.69. The minimum absolute atomic E-state index is 0.0471. The quantitative estimate of drug-likeness (QED) is 0.877. The van der Waals surface area contributed by atoms with Gasteiger partial charge in [0.25, 0.3) is 5.91 Å². The highest BCUT2D eigenvalue weighted by molar-refractivity contribution is 5.98. The van der Waals surface area contributed by atoms with E-state index in [1.807, 2.05) is 12.1 Å². The Morgan fingerprint density at radius 3 is 2.83 bits per heavy atom. The zero-order chi connectivity index (χ0) is 15.8. The molecule has 6 nitrogen and oxygen atoms in total. The van der Waals surface area contributed by atoms with Gasteiger partial charge in [0.1, 0.15) is 0 Å². The highest BCUT2D eigenvalue weighted by atomic mass is 16.2. The van der Waals surface area contributed by atoms with Crippen LogP contribution in [0.25, 0.3) is 0 Å². The number of nitrogens with one attached hydrogen (secondary N) is 2. The lowest BCUT2D eigenvalue weighted by atomic mass is 10.1. The Bertz CT molecular complexity index is 629. The largest absolute Gasteiger partial charge is 0.348 e. The van der Waals surface area contributed by atoms with Crippen molar-refractivity contribution in [3.8, 4) is 0 Å². The molecule has 3 fully saturated rings. The standard InChI is InChI=1S/C17H22N4O2/c22-16(19-13-6-8-20(11-13)14-4-5-14)12-2-1-3-15(10-12)21-9-7-18-17(21)23/h1-3,10,13-14H,4-9,11H2,(H,18,23)(H,19,22)/t13-/m0/s1. The summed E-state index contributed by atoms with van der Waals surface area (Å²) in [5.41, 5.74) is 1.39. The number of likely N-dealkylation sites (tertiary alicyclic amines) is 1. The number of urea groups is 1. The van der Waals surface area contributed by atoms with Crippen molar-refractivity contribution in [3.63, 3.8) is 0 Å². The third-order valence-electron chi connectivity index (χ3n) is 4.89. The third kappa shape index (κ3) is 3.03. The number of hydrogen-bond acceptors (Lipinski definition) is 3. The number of nitrogens with zero attached hydrogens (tertiary/aromatic N) is 2. The van der Waals surface area contributed by atoms with Crippen LogP contribution in [0, 0.1) is 0 Å². The summed E-state index contributed by atoms with van der Waals surface area (Å²) >= 11 is 0. The van der Waals surface area contributed by atoms with Crippen LogP contribution in [0.1, 0.15) is 29.6 Å². The summed E-state index contributed by atoms with van der Waals surface area (Å²) in [5, 5.41) is 5.91. The molecular formula is C17H22N4O2. The van der Waals surface area contributed by atoms with Crippen molar-refractivity contribution >= 4 is 17.6 Å². The number of carbonyl (C=O) groups is 2. The third-order valence-corrected chi connectivity index (χ3v) is 4.89. The molecule has 0 unspecified atom stereocenters. The fourth-order valence-corrected chi connectivity index (χ4v) is 3.48. The van der Waals surface area contributed by atoms with Crippen LogP contribution in [-0.2, 0) is 0 Å². The Hall–Kier alpha value is -2.08. The van der Waals surface area contributed by atoms with Crippen LogP contribution in [0.2, 0.25) is 0 Å². The topological polar surface area (TPSA) is 64.7 Å². The molecule has 1 saturated carbocycles. The molecule has 3 aliphatic rings. The predicted molar refractivity (Wildman–Crippen MR) is 87.7 cm³/mol. The molecule has 2 aliphatic heterocycles. The van der Waals surface area contributed by atoms with Crippen molar-refractivity contribution in [2.24, 2.45) is 0 Å². The zero-order valence-corrected chi connectivity index (χ0v) is 13.1. The summed E-state index contributed by atoms with van der Waals surface area (Å²) in [7, 11) is 0. The maximum Gasteiger partial charge on any atom is 0.321 e. The average Bonchev–Trinajstić information content (AvgIpc) is 3.16. The molecule has 1 aliphatic carbocycles. The molecule has 2 N–H and O–H groups in total. The molecule has 0 spiro atoms. The highest BCUT2D eigenvalue weighted by Gasteiger charge is 2.34. The van der Waals surface area contributed by atoms with E-state index >= 15 is 0 Å². The van der Waals surface area contributed by atoms with Gasteiger partial charge in [0.15, 0.2) is 0 Å². The van der Waals surface area contributed by atoms with Gasteiger partial charge in [0.05, 0.1) is 0 Å². The average molecular weight is 314 g/mol. The van der Waals surface area contributed by atoms with Gasteiger partial charge in [0, 0.05) is 49.5 Å². The molecule has 1 aromatic carbocycles. The second kappa shape index (κ2) is 5.85. The van der Waals surface area contributed by atoms with E-state index in [0.717, 1.165) is 31.2 Å². The van der Waals surface area contributed by atoms with Crippen LogP contribution in [0.15, 0.2) is 24.3 Å². The number of benzene rings is 1. The number of anilines is 1. The Labute approximate surface area is 135 Å². The lowest BCUT2D eigenvalue weighted by molar-refractivity contribution is 0.0937. The Morgan fingerprint density at radius 1 is 1.22 bits per heavy atom. The van der Waals surface area contributed by atoms with Crippen molar-refractivity contribution in [1.82, 2.24) is 15.5 Å². The van der Waals surface area contributed by atoms with Crippen LogP contribution in [0.3, 0.4) is 0 Å². The van der Waals surface area contributed by atoms with E-state index in [1.165, 1.54) is 12.8 Å². The highest BCUT2D eigenvalue weighted by Crippen LogP contribution is 2.29. The molecule has 2 heterocycles. The SMILES string of the molecule is O=C(N[C@H]1CCN(C2CC2)C1)c1cccc(N2CCNC2=O)c1. The van der Waals surface area contributed by atoms with E-state index in [1.54, 1.807) is 17.0 Å². The van der Waals surface area contributed by atoms with Crippen molar-refractivity contribution in [2.45, 2.75) is 31.3 Å². The Morgan fingerprint density at radius 2 is 2.09 bits per heavy atom. The summed E-state index contributed by atoms with van der Waals surface area (Å²) in [4.78, 5) is 28.4. The van der Waals surface area contributed by atoms with Gasteiger partial charge in [-0.1, -0.05) is 6.07 Å². The van der Waals surface area contributed by atoms with Gasteiger partial charge in [0.2, 0.25) is 0 Å². The second-order valence-corrected chi connectivity index (χ2v) is 6.62. The number of rotatable bonds is 4. The molecule has 2 saturated heterocycles. The number of amides is 3. The van der Waals surface area contributed by atoms with Crippen molar-refractivity contribution in [1.29, 1.82) is 0 Å². The van der Waals surface area contributed by atoms with Crippen molar-refractivity contribution in [2.75, 3.05) is 31.1 Å². The van der Waals surface area contributed by atoms with E-state index in [-0.39, 0.29) is 18.0 Å². The summed E-state index contributed by atoms with van der Waals surface area (Å²) in [5.74, 6) is -0.0471. The zero-order valence-electron chi connectivity index (χ0n) is 13.1. The maximum absolute atomic E-state index is 12.5.